The van der Waals surface area contributed by atoms with Crippen LogP contribution in [0.2, 0.25) is 0 Å². The lowest BCUT2D eigenvalue weighted by molar-refractivity contribution is -0.118. The average molecular weight is 418 g/mol. The second-order valence-electron chi connectivity index (χ2n) is 6.99. The molecule has 150 valence electrons. The lowest BCUT2D eigenvalue weighted by Gasteiger charge is -2.17. The number of thiazole rings is 1. The van der Waals surface area contributed by atoms with Gasteiger partial charge in [0.05, 0.1) is 5.69 Å². The van der Waals surface area contributed by atoms with Crippen molar-refractivity contribution >= 4 is 44.9 Å². The first kappa shape index (κ1) is 18.4. The van der Waals surface area contributed by atoms with E-state index in [0.29, 0.717) is 23.7 Å². The third kappa shape index (κ3) is 3.65. The molecule has 30 heavy (non-hydrogen) atoms. The van der Waals surface area contributed by atoms with E-state index in [4.69, 9.17) is 4.74 Å². The molecule has 1 aliphatic heterocycles. The zero-order chi connectivity index (χ0) is 20.5. The highest BCUT2D eigenvalue weighted by atomic mass is 32.1. The maximum absolute atomic E-state index is 12.3. The van der Waals surface area contributed by atoms with Crippen LogP contribution in [0.5, 0.6) is 5.75 Å². The minimum absolute atomic E-state index is 0.0194. The number of carbonyl (C=O) groups excluding carboxylic acids is 2. The van der Waals surface area contributed by atoms with Crippen molar-refractivity contribution in [3.05, 3.63) is 59.6 Å². The van der Waals surface area contributed by atoms with E-state index in [9.17, 15) is 9.59 Å². The smallest absolute Gasteiger partial charge is 0.264 e. The van der Waals surface area contributed by atoms with Crippen LogP contribution in [0.15, 0.2) is 54.0 Å². The summed E-state index contributed by atoms with van der Waals surface area (Å²) in [4.78, 5) is 31.5. The van der Waals surface area contributed by atoms with Crippen LogP contribution in [0.4, 0.5) is 10.8 Å². The summed E-state index contributed by atoms with van der Waals surface area (Å²) in [5.74, 6) is 0.338. The molecule has 0 unspecified atom stereocenters. The highest BCUT2D eigenvalue weighted by Gasteiger charge is 2.16. The Bertz CT molecular complexity index is 1260. The summed E-state index contributed by atoms with van der Waals surface area (Å²) in [6, 6.07) is 13.4. The third-order valence-corrected chi connectivity index (χ3v) is 5.72. The van der Waals surface area contributed by atoms with E-state index in [2.05, 4.69) is 20.6 Å². The predicted molar refractivity (Wildman–Crippen MR) is 117 cm³/mol. The van der Waals surface area contributed by atoms with Gasteiger partial charge in [0.15, 0.2) is 11.7 Å². The maximum atomic E-state index is 12.3. The molecule has 4 aromatic rings. The molecule has 2 aromatic heterocycles. The number of anilines is 2. The zero-order valence-electron chi connectivity index (χ0n) is 15.9. The number of aromatic amines is 1. The second-order valence-corrected chi connectivity index (χ2v) is 7.85. The molecule has 2 amide bonds. The van der Waals surface area contributed by atoms with Crippen molar-refractivity contribution in [2.24, 2.45) is 0 Å². The third-order valence-electron chi connectivity index (χ3n) is 4.96. The average Bonchev–Trinajstić information content (AvgIpc) is 3.39. The zero-order valence-corrected chi connectivity index (χ0v) is 16.7. The Morgan fingerprint density at radius 3 is 3.03 bits per heavy atom. The quantitative estimate of drug-likeness (QED) is 0.453. The van der Waals surface area contributed by atoms with E-state index in [1.807, 2.05) is 41.9 Å². The van der Waals surface area contributed by atoms with E-state index in [1.165, 1.54) is 11.3 Å². The summed E-state index contributed by atoms with van der Waals surface area (Å²) in [6.45, 7) is -0.118. The number of benzene rings is 2. The highest BCUT2D eigenvalue weighted by molar-refractivity contribution is 7.14. The monoisotopic (exact) mass is 418 g/mol. The summed E-state index contributed by atoms with van der Waals surface area (Å²) in [6.07, 6.45) is 3.05. The van der Waals surface area contributed by atoms with E-state index in [1.54, 1.807) is 12.1 Å². The molecule has 0 atom stereocenters. The molecule has 0 radical (unpaired) electrons. The number of rotatable bonds is 5. The summed E-state index contributed by atoms with van der Waals surface area (Å²) >= 11 is 1.37. The fourth-order valence-electron chi connectivity index (χ4n) is 3.49. The van der Waals surface area contributed by atoms with Gasteiger partial charge in [0.1, 0.15) is 5.75 Å². The van der Waals surface area contributed by atoms with Gasteiger partial charge in [-0.2, -0.15) is 0 Å². The van der Waals surface area contributed by atoms with E-state index in [0.717, 1.165) is 33.4 Å². The Morgan fingerprint density at radius 1 is 1.20 bits per heavy atom. The van der Waals surface area contributed by atoms with Crippen molar-refractivity contribution in [3.63, 3.8) is 0 Å². The van der Waals surface area contributed by atoms with E-state index < -0.39 is 0 Å². The Morgan fingerprint density at radius 2 is 2.10 bits per heavy atom. The summed E-state index contributed by atoms with van der Waals surface area (Å²) in [5, 5.41) is 9.15. The van der Waals surface area contributed by atoms with Gasteiger partial charge in [0, 0.05) is 40.2 Å². The first-order valence-electron chi connectivity index (χ1n) is 9.53. The fourth-order valence-corrected chi connectivity index (χ4v) is 4.22. The molecule has 3 N–H and O–H groups in total. The lowest BCUT2D eigenvalue weighted by Crippen LogP contribution is -2.21. The molecule has 5 rings (SSSR count). The molecular formula is C22H18N4O3S. The fraction of sp³-hybridized carbons (Fsp3) is 0.136. The number of nitrogens with one attached hydrogen (secondary N) is 3. The molecule has 0 saturated heterocycles. The van der Waals surface area contributed by atoms with Gasteiger partial charge in [-0.1, -0.05) is 18.2 Å². The number of H-pyrrole nitrogens is 1. The number of hydrogen-bond donors (Lipinski definition) is 3. The lowest BCUT2D eigenvalue weighted by atomic mass is 10.0. The van der Waals surface area contributed by atoms with Crippen molar-refractivity contribution in [3.8, 4) is 17.0 Å². The van der Waals surface area contributed by atoms with Crippen molar-refractivity contribution < 1.29 is 14.3 Å². The van der Waals surface area contributed by atoms with Crippen LogP contribution in [0.3, 0.4) is 0 Å². The van der Waals surface area contributed by atoms with Crippen LogP contribution in [0, 0.1) is 0 Å². The molecule has 0 fully saturated rings. The number of ether oxygens (including phenoxy) is 1. The Hall–Kier alpha value is -3.65. The predicted octanol–water partition coefficient (Wildman–Crippen LogP) is 4.19. The van der Waals surface area contributed by atoms with Gasteiger partial charge in [0.2, 0.25) is 5.91 Å². The van der Waals surface area contributed by atoms with Crippen molar-refractivity contribution in [1.29, 1.82) is 0 Å². The van der Waals surface area contributed by atoms with Crippen LogP contribution >= 0.6 is 11.3 Å². The molecule has 3 heterocycles. The van der Waals surface area contributed by atoms with Gasteiger partial charge in [-0.3, -0.25) is 14.9 Å². The van der Waals surface area contributed by atoms with E-state index >= 15 is 0 Å². The number of para-hydroxylation sites is 1. The molecule has 0 saturated carbocycles. The van der Waals surface area contributed by atoms with Crippen LogP contribution in [-0.4, -0.2) is 28.4 Å². The molecule has 0 bridgehead atoms. The van der Waals surface area contributed by atoms with Gasteiger partial charge >= 0.3 is 0 Å². The van der Waals surface area contributed by atoms with Crippen molar-refractivity contribution in [2.75, 3.05) is 17.2 Å². The molecule has 2 aromatic carbocycles. The molecule has 8 heteroatoms. The van der Waals surface area contributed by atoms with Crippen LogP contribution < -0.4 is 15.4 Å². The van der Waals surface area contributed by atoms with Crippen molar-refractivity contribution in [2.45, 2.75) is 12.8 Å². The summed E-state index contributed by atoms with van der Waals surface area (Å²) < 4.78 is 5.62. The van der Waals surface area contributed by atoms with E-state index in [-0.39, 0.29) is 18.4 Å². The number of fused-ring (bicyclic) bond motifs is 2. The number of aromatic nitrogens is 2. The number of nitrogens with zero attached hydrogens (tertiary/aromatic N) is 1. The SMILES string of the molecule is O=C(COc1ccc2c(c1)CCC(=O)N2)Nc1nc(-c2c[nH]c3ccccc23)cs1. The molecular weight excluding hydrogens is 400 g/mol. The normalized spacial score (nSPS) is 13.0. The topological polar surface area (TPSA) is 96.1 Å². The van der Waals surface area contributed by atoms with Gasteiger partial charge in [-0.15, -0.1) is 11.3 Å². The van der Waals surface area contributed by atoms with Crippen molar-refractivity contribution in [1.82, 2.24) is 9.97 Å². The largest absolute Gasteiger partial charge is 0.484 e. The number of hydrogen-bond acceptors (Lipinski definition) is 5. The minimum atomic E-state index is -0.277. The minimum Gasteiger partial charge on any atom is -0.484 e. The standard InChI is InChI=1S/C22H18N4O3S/c27-20-8-5-13-9-14(6-7-17(13)24-20)29-11-21(28)26-22-25-19(12-30-22)16-10-23-18-4-2-1-3-15(16)18/h1-4,6-7,9-10,12,23H,5,8,11H2,(H,24,27)(H,25,26,28). The Labute approximate surface area is 176 Å². The number of aryl methyl sites for hydroxylation is 1. The van der Waals surface area contributed by atoms with Crippen LogP contribution in [0.1, 0.15) is 12.0 Å². The molecule has 0 spiro atoms. The van der Waals surface area contributed by atoms with Gasteiger partial charge in [0.25, 0.3) is 5.91 Å². The Balaban J connectivity index is 1.22. The van der Waals surface area contributed by atoms with Gasteiger partial charge in [-0.25, -0.2) is 4.98 Å². The summed E-state index contributed by atoms with van der Waals surface area (Å²) in [7, 11) is 0. The molecule has 0 aliphatic carbocycles. The van der Waals surface area contributed by atoms with Crippen LogP contribution in [0.25, 0.3) is 22.2 Å². The maximum Gasteiger partial charge on any atom is 0.264 e. The molecule has 7 nitrogen and oxygen atoms in total. The Kier molecular flexibility index (Phi) is 4.68. The highest BCUT2D eigenvalue weighted by Crippen LogP contribution is 2.31. The first-order chi connectivity index (χ1) is 14.7. The van der Waals surface area contributed by atoms with Gasteiger partial charge < -0.3 is 15.0 Å². The summed E-state index contributed by atoms with van der Waals surface area (Å²) in [5.41, 5.74) is 4.67. The number of carbonyl (C=O) groups is 2. The molecule has 1 aliphatic rings. The first-order valence-corrected chi connectivity index (χ1v) is 10.4. The van der Waals surface area contributed by atoms with Crippen LogP contribution in [-0.2, 0) is 16.0 Å². The van der Waals surface area contributed by atoms with Gasteiger partial charge in [-0.05, 0) is 36.2 Å². The number of amides is 2. The second kappa shape index (κ2) is 7.64.